The minimum Gasteiger partial charge on any atom is -0.376 e. The van der Waals surface area contributed by atoms with Crippen LogP contribution in [0.25, 0.3) is 33.3 Å². The Morgan fingerprint density at radius 1 is 1.07 bits per heavy atom. The van der Waals surface area contributed by atoms with Gasteiger partial charge >= 0.3 is 6.17 Å². The molecule has 360 valence electrons. The van der Waals surface area contributed by atoms with Crippen molar-refractivity contribution in [3.05, 3.63) is 82.5 Å². The van der Waals surface area contributed by atoms with E-state index in [1.165, 1.54) is 9.91 Å². The number of rotatable bonds is 9. The van der Waals surface area contributed by atoms with Crippen LogP contribution in [0.3, 0.4) is 0 Å². The maximum atomic E-state index is 14.8. The summed E-state index contributed by atoms with van der Waals surface area (Å²) in [7, 11) is 3.28. The van der Waals surface area contributed by atoms with Crippen LogP contribution in [0.5, 0.6) is 0 Å². The predicted molar refractivity (Wildman–Crippen MR) is 256 cm³/mol. The lowest BCUT2D eigenvalue weighted by Crippen LogP contribution is -2.63. The van der Waals surface area contributed by atoms with Gasteiger partial charge in [0.05, 0.1) is 34.4 Å². The zero-order valence-electron chi connectivity index (χ0n) is 40.4. The number of nitrogens with zero attached hydrogens (tertiary/aromatic N) is 6. The van der Waals surface area contributed by atoms with Crippen LogP contribution in [0, 0.1) is 28.1 Å². The molecule has 2 aromatic heterocycles. The summed E-state index contributed by atoms with van der Waals surface area (Å²) in [5, 5.41) is 5.55. The largest absolute Gasteiger partial charge is 0.376 e. The van der Waals surface area contributed by atoms with Gasteiger partial charge in [-0.1, -0.05) is 50.1 Å². The molecular weight excluding hydrogens is 865 g/mol. The maximum Gasteiger partial charge on any atom is 0.326 e. The van der Waals surface area contributed by atoms with Crippen LogP contribution in [0.15, 0.2) is 60.8 Å². The van der Waals surface area contributed by atoms with Gasteiger partial charge in [-0.3, -0.25) is 29.2 Å². The van der Waals surface area contributed by atoms with E-state index in [1.807, 2.05) is 31.2 Å². The number of aromatic nitrogens is 2. The van der Waals surface area contributed by atoms with Crippen LogP contribution >= 0.6 is 0 Å². The molecule has 4 aromatic rings. The van der Waals surface area contributed by atoms with Gasteiger partial charge in [-0.2, -0.15) is 5.43 Å². The Labute approximate surface area is 398 Å². The highest BCUT2D eigenvalue weighted by Crippen LogP contribution is 2.42. The number of likely N-dealkylation sites (tertiary alicyclic amines) is 1. The van der Waals surface area contributed by atoms with Gasteiger partial charge in [0, 0.05) is 87.9 Å². The number of carbonyl (C=O) groups excluding carboxylic acids is 4. The molecule has 4 aliphatic rings. The molecule has 16 nitrogen and oxygen atoms in total. The van der Waals surface area contributed by atoms with Crippen LogP contribution in [0.1, 0.15) is 89.6 Å². The van der Waals surface area contributed by atoms with E-state index < -0.39 is 47.5 Å². The van der Waals surface area contributed by atoms with Gasteiger partial charge in [0.1, 0.15) is 12.1 Å². The first kappa shape index (κ1) is 48.3. The zero-order valence-corrected chi connectivity index (χ0v) is 40.4. The van der Waals surface area contributed by atoms with E-state index in [1.54, 1.807) is 32.2 Å². The summed E-state index contributed by atoms with van der Waals surface area (Å²) in [6.45, 7) is 12.0. The molecule has 6 bridgehead atoms. The molecule has 2 aromatic carbocycles. The fourth-order valence-electron chi connectivity index (χ4n) is 10.4. The van der Waals surface area contributed by atoms with Gasteiger partial charge in [0.15, 0.2) is 6.61 Å². The quantitative estimate of drug-likeness (QED) is 0.198. The number of methoxy groups -OCH3 is 1. The number of amides is 4. The van der Waals surface area contributed by atoms with Crippen LogP contribution in [-0.2, 0) is 52.9 Å². The van der Waals surface area contributed by atoms with Gasteiger partial charge in [-0.05, 0) is 105 Å². The highest BCUT2D eigenvalue weighted by molar-refractivity contribution is 5.97. The number of likely N-dealkylation sites (N-methyl/N-ethyl adjacent to an activating group) is 1. The molecule has 8 rings (SSSR count). The van der Waals surface area contributed by atoms with Crippen LogP contribution < -0.4 is 10.7 Å². The molecule has 16 heteroatoms. The van der Waals surface area contributed by atoms with Crippen molar-refractivity contribution in [2.75, 3.05) is 47.0 Å². The maximum absolute atomic E-state index is 14.8. The van der Waals surface area contributed by atoms with E-state index in [-0.39, 0.29) is 37.5 Å². The van der Waals surface area contributed by atoms with Crippen molar-refractivity contribution in [3.8, 4) is 34.2 Å². The number of fused-ring (bicyclic) bond motifs is 6. The van der Waals surface area contributed by atoms with Gasteiger partial charge in [-0.15, -0.1) is 0 Å². The average Bonchev–Trinajstić information content (AvgIpc) is 4.13. The fourth-order valence-corrected chi connectivity index (χ4v) is 10.4. The van der Waals surface area contributed by atoms with E-state index in [0.717, 1.165) is 50.1 Å². The Kier molecular flexibility index (Phi) is 14.6. The van der Waals surface area contributed by atoms with E-state index in [0.29, 0.717) is 69.7 Å². The van der Waals surface area contributed by atoms with E-state index in [2.05, 4.69) is 78.3 Å². The second-order valence-electron chi connectivity index (χ2n) is 19.3. The summed E-state index contributed by atoms with van der Waals surface area (Å²) in [4.78, 5) is 84.7. The Morgan fingerprint density at radius 3 is 2.63 bits per heavy atom. The Bertz CT molecular complexity index is 2630. The normalized spacial score (nSPS) is 22.7. The lowest BCUT2D eigenvalue weighted by atomic mass is 9.84. The summed E-state index contributed by atoms with van der Waals surface area (Å²) >= 11 is 0. The molecule has 3 fully saturated rings. The summed E-state index contributed by atoms with van der Waals surface area (Å²) in [6, 6.07) is 16.4. The molecule has 4 amide bonds. The minimum atomic E-state index is -1.10. The summed E-state index contributed by atoms with van der Waals surface area (Å²) in [6.07, 6.45) is 3.39. The highest BCUT2D eigenvalue weighted by Gasteiger charge is 2.44. The molecule has 6 atom stereocenters. The van der Waals surface area contributed by atoms with Crippen molar-refractivity contribution >= 4 is 34.5 Å². The number of ether oxygens (including phenoxy) is 2. The molecular formula is C52H65N8O8+. The van der Waals surface area contributed by atoms with Crippen LogP contribution in [0.2, 0.25) is 0 Å². The standard InChI is InChI=1S/C52H64N8O8/c1-8-14-45(61)57-25-22-37(31-57)50(63)56(6)48(43-18-13-26-67-43)49(62)54-41-28-34-15-10-16-35(27-34)36-20-21-42-39(29-36)40(47(58(42)9-2)38-17-11-23-53-46(38)33(3)66-7)30-52(4,5)32-68-60(65)44-19-12-24-59(55-44)51(41)64/h10-11,15-17,20-21,23,27,29,33,37,41,43-44,48,55H,9,12-13,18-19,22,24-26,28,30-32H2,1-7H3/p+1/t33-,37-,41-,43?,44+,48?/m0/s1. The lowest BCUT2D eigenvalue weighted by Gasteiger charge is -2.35. The van der Waals surface area contributed by atoms with Gasteiger partial charge in [-0.25, -0.2) is 4.84 Å². The first-order valence-electron chi connectivity index (χ1n) is 24.0. The number of hydrogen-bond acceptors (Lipinski definition) is 10. The molecule has 4 aliphatic heterocycles. The van der Waals surface area contributed by atoms with Crippen molar-refractivity contribution in [2.24, 2.45) is 11.3 Å². The molecule has 68 heavy (non-hydrogen) atoms. The number of aryl methyl sites for hydroxylation is 1. The summed E-state index contributed by atoms with van der Waals surface area (Å²) in [5.74, 6) is 3.09. The van der Waals surface area contributed by atoms with E-state index in [9.17, 15) is 24.1 Å². The van der Waals surface area contributed by atoms with Crippen molar-refractivity contribution < 1.29 is 38.4 Å². The minimum absolute atomic E-state index is 0.0918. The number of carbonyl (C=O) groups is 4. The monoisotopic (exact) mass is 929 g/mol. The van der Waals surface area contributed by atoms with Crippen molar-refractivity contribution in [1.29, 1.82) is 0 Å². The number of hydrogen-bond donors (Lipinski definition) is 2. The first-order chi connectivity index (χ1) is 32.7. The third-order valence-corrected chi connectivity index (χ3v) is 14.0. The SMILES string of the molecule is CC#CC(=O)N1CC[C@H](C(=O)N(C)C(C(=O)N[C@H]2Cc3cccc(c3)-c3ccc4c(c3)c(c(-c3cccnc3[C@H](C)OC)n4CC)CC(C)(C)CO[N+](=O)[C@@H]3CCCN(N3)C2=O)C2CCCO2)C1. The molecule has 2 N–H and O–H groups in total. The van der Waals surface area contributed by atoms with Gasteiger partial charge in [0.2, 0.25) is 16.7 Å². The topological polar surface area (TPSA) is 168 Å². The molecule has 6 heterocycles. The molecule has 2 unspecified atom stereocenters. The second kappa shape index (κ2) is 20.6. The second-order valence-corrected chi connectivity index (χ2v) is 19.3. The van der Waals surface area contributed by atoms with Crippen molar-refractivity contribution in [1.82, 2.24) is 35.1 Å². The molecule has 3 saturated heterocycles. The third kappa shape index (κ3) is 10.0. The first-order valence-corrected chi connectivity index (χ1v) is 24.0. The lowest BCUT2D eigenvalue weighted by molar-refractivity contribution is -0.835. The van der Waals surface area contributed by atoms with E-state index in [4.69, 9.17) is 19.3 Å². The Morgan fingerprint density at radius 2 is 1.88 bits per heavy atom. The summed E-state index contributed by atoms with van der Waals surface area (Å²) in [5.41, 5.74) is 10.3. The van der Waals surface area contributed by atoms with Crippen molar-refractivity contribution in [3.63, 3.8) is 0 Å². The molecule has 0 spiro atoms. The third-order valence-electron chi connectivity index (χ3n) is 14.0. The number of nitrogens with one attached hydrogen (secondary N) is 2. The van der Waals surface area contributed by atoms with E-state index >= 15 is 0 Å². The van der Waals surface area contributed by atoms with Crippen molar-refractivity contribution in [2.45, 2.75) is 117 Å². The zero-order chi connectivity index (χ0) is 48.3. The number of pyridine rings is 1. The van der Waals surface area contributed by atoms with Crippen LogP contribution in [-0.4, -0.2) is 124 Å². The number of benzene rings is 2. The average molecular weight is 930 g/mol. The summed E-state index contributed by atoms with van der Waals surface area (Å²) < 4.78 is 14.2. The van der Waals surface area contributed by atoms with Crippen LogP contribution in [0.4, 0.5) is 0 Å². The predicted octanol–water partition coefficient (Wildman–Crippen LogP) is 5.75. The number of hydrazine groups is 1. The Balaban J connectivity index is 1.18. The molecule has 0 radical (unpaired) electrons. The molecule has 0 saturated carbocycles. The van der Waals surface area contributed by atoms with Gasteiger partial charge in [0.25, 0.3) is 11.8 Å². The molecule has 0 aliphatic carbocycles. The Hall–Kier alpha value is -6.15. The smallest absolute Gasteiger partial charge is 0.326 e. The highest BCUT2D eigenvalue weighted by atomic mass is 16.8. The van der Waals surface area contributed by atoms with Gasteiger partial charge < -0.3 is 29.2 Å². The fraction of sp³-hybridized carbons (Fsp3) is 0.519.